The fourth-order valence-electron chi connectivity index (χ4n) is 1.74. The third kappa shape index (κ3) is 3.79. The molecule has 0 saturated carbocycles. The normalized spacial score (nSPS) is 12.4. The highest BCUT2D eigenvalue weighted by Gasteiger charge is 2.16. The minimum Gasteiger partial charge on any atom is -0.271 e. The number of thioether (sulfide) groups is 1. The van der Waals surface area contributed by atoms with Gasteiger partial charge in [0.1, 0.15) is 11.6 Å². The maximum Gasteiger partial charge on any atom is 0.136 e. The highest BCUT2D eigenvalue weighted by Crippen LogP contribution is 2.28. The summed E-state index contributed by atoms with van der Waals surface area (Å²) in [5.74, 6) is 5.28. The zero-order chi connectivity index (χ0) is 14.5. The fraction of sp³-hybridized carbons (Fsp3) is 0.143. The van der Waals surface area contributed by atoms with E-state index in [2.05, 4.69) is 21.4 Å². The van der Waals surface area contributed by atoms with Gasteiger partial charge in [0, 0.05) is 20.7 Å². The number of nitrogens with two attached hydrogens (primary N) is 1. The van der Waals surface area contributed by atoms with Crippen LogP contribution in [0.1, 0.15) is 11.6 Å². The minimum atomic E-state index is -0.405. The molecule has 106 valence electrons. The number of hydrazine groups is 1. The molecular formula is C14H13BrF2N2S. The van der Waals surface area contributed by atoms with Gasteiger partial charge in [-0.05, 0) is 30.3 Å². The molecule has 1 unspecified atom stereocenters. The molecule has 0 amide bonds. The number of halogens is 3. The van der Waals surface area contributed by atoms with E-state index in [1.807, 2.05) is 0 Å². The van der Waals surface area contributed by atoms with Crippen molar-refractivity contribution >= 4 is 27.7 Å². The van der Waals surface area contributed by atoms with Gasteiger partial charge in [-0.25, -0.2) is 8.78 Å². The number of nitrogens with one attached hydrogen (secondary N) is 1. The average Bonchev–Trinajstić information content (AvgIpc) is 2.45. The second kappa shape index (κ2) is 7.17. The van der Waals surface area contributed by atoms with Gasteiger partial charge in [-0.3, -0.25) is 11.3 Å². The quantitative estimate of drug-likeness (QED) is 0.481. The van der Waals surface area contributed by atoms with Crippen LogP contribution in [0.15, 0.2) is 51.8 Å². The topological polar surface area (TPSA) is 38.0 Å². The van der Waals surface area contributed by atoms with Crippen molar-refractivity contribution < 1.29 is 8.78 Å². The predicted octanol–water partition coefficient (Wildman–Crippen LogP) is 4.02. The third-order valence-electron chi connectivity index (χ3n) is 2.78. The molecule has 0 aromatic heterocycles. The van der Waals surface area contributed by atoms with E-state index >= 15 is 0 Å². The van der Waals surface area contributed by atoms with E-state index in [1.165, 1.54) is 23.9 Å². The molecule has 0 saturated heterocycles. The lowest BCUT2D eigenvalue weighted by atomic mass is 10.1. The molecule has 0 fully saturated rings. The second-order valence-electron chi connectivity index (χ2n) is 4.13. The largest absolute Gasteiger partial charge is 0.271 e. The van der Waals surface area contributed by atoms with E-state index in [0.717, 1.165) is 4.47 Å². The van der Waals surface area contributed by atoms with Gasteiger partial charge in [-0.15, -0.1) is 11.8 Å². The summed E-state index contributed by atoms with van der Waals surface area (Å²) >= 11 is 4.59. The first-order chi connectivity index (χ1) is 9.61. The van der Waals surface area contributed by atoms with Crippen LogP contribution < -0.4 is 11.3 Å². The summed E-state index contributed by atoms with van der Waals surface area (Å²) in [6.07, 6.45) is 0. The van der Waals surface area contributed by atoms with Crippen LogP contribution in [0.5, 0.6) is 0 Å². The van der Waals surface area contributed by atoms with E-state index in [0.29, 0.717) is 16.2 Å². The summed E-state index contributed by atoms with van der Waals surface area (Å²) in [6.45, 7) is 0. The lowest BCUT2D eigenvalue weighted by molar-refractivity contribution is 0.545. The van der Waals surface area contributed by atoms with Crippen LogP contribution in [0.25, 0.3) is 0 Å². The number of hydrogen-bond acceptors (Lipinski definition) is 3. The Kier molecular flexibility index (Phi) is 5.54. The lowest BCUT2D eigenvalue weighted by Gasteiger charge is -2.17. The first-order valence-electron chi connectivity index (χ1n) is 5.90. The van der Waals surface area contributed by atoms with E-state index in [1.54, 1.807) is 30.3 Å². The van der Waals surface area contributed by atoms with Crippen LogP contribution in [0.4, 0.5) is 8.78 Å². The van der Waals surface area contributed by atoms with Gasteiger partial charge in [0.15, 0.2) is 0 Å². The van der Waals surface area contributed by atoms with E-state index in [9.17, 15) is 8.78 Å². The molecule has 0 aliphatic carbocycles. The Morgan fingerprint density at radius 1 is 1.15 bits per heavy atom. The number of hydrogen-bond donors (Lipinski definition) is 2. The van der Waals surface area contributed by atoms with Gasteiger partial charge in [0.05, 0.1) is 6.04 Å². The monoisotopic (exact) mass is 358 g/mol. The molecule has 0 heterocycles. The molecule has 2 aromatic carbocycles. The van der Waals surface area contributed by atoms with Crippen molar-refractivity contribution in [1.29, 1.82) is 0 Å². The summed E-state index contributed by atoms with van der Waals surface area (Å²) in [5, 5.41) is 0. The van der Waals surface area contributed by atoms with Crippen molar-refractivity contribution in [3.8, 4) is 0 Å². The fourth-order valence-corrected chi connectivity index (χ4v) is 3.13. The molecule has 0 aliphatic heterocycles. The Hall–Kier alpha value is -0.950. The van der Waals surface area contributed by atoms with Crippen molar-refractivity contribution in [2.24, 2.45) is 5.84 Å². The molecule has 0 spiro atoms. The van der Waals surface area contributed by atoms with Crippen LogP contribution in [0.2, 0.25) is 0 Å². The SMILES string of the molecule is NNC(CSc1ccccc1F)c1cc(Br)ccc1F. The molecule has 0 radical (unpaired) electrons. The Morgan fingerprint density at radius 2 is 1.90 bits per heavy atom. The number of benzene rings is 2. The highest BCUT2D eigenvalue weighted by molar-refractivity contribution is 9.10. The molecule has 0 bridgehead atoms. The average molecular weight is 359 g/mol. The van der Waals surface area contributed by atoms with E-state index in [4.69, 9.17) is 5.84 Å². The van der Waals surface area contributed by atoms with E-state index in [-0.39, 0.29) is 11.6 Å². The first-order valence-corrected chi connectivity index (χ1v) is 7.68. The molecule has 2 aromatic rings. The lowest BCUT2D eigenvalue weighted by Crippen LogP contribution is -2.30. The van der Waals surface area contributed by atoms with Crippen LogP contribution in [-0.2, 0) is 0 Å². The second-order valence-corrected chi connectivity index (χ2v) is 6.10. The van der Waals surface area contributed by atoms with Gasteiger partial charge in [-0.2, -0.15) is 0 Å². The van der Waals surface area contributed by atoms with Crippen molar-refractivity contribution in [2.75, 3.05) is 5.75 Å². The summed E-state index contributed by atoms with van der Waals surface area (Å²) in [6, 6.07) is 10.7. The van der Waals surface area contributed by atoms with Crippen molar-refractivity contribution in [1.82, 2.24) is 5.43 Å². The zero-order valence-corrected chi connectivity index (χ0v) is 12.8. The molecule has 3 N–H and O–H groups in total. The van der Waals surface area contributed by atoms with E-state index < -0.39 is 6.04 Å². The molecule has 6 heteroatoms. The van der Waals surface area contributed by atoms with Gasteiger partial charge < -0.3 is 0 Å². The number of rotatable bonds is 5. The van der Waals surface area contributed by atoms with Crippen LogP contribution >= 0.6 is 27.7 Å². The Labute approximate surface area is 128 Å². The van der Waals surface area contributed by atoms with Crippen molar-refractivity contribution in [3.63, 3.8) is 0 Å². The summed E-state index contributed by atoms with van der Waals surface area (Å²) in [7, 11) is 0. The van der Waals surface area contributed by atoms with Gasteiger partial charge in [0.25, 0.3) is 0 Å². The van der Waals surface area contributed by atoms with Gasteiger partial charge >= 0.3 is 0 Å². The maximum absolute atomic E-state index is 13.8. The third-order valence-corrected chi connectivity index (χ3v) is 4.41. The highest BCUT2D eigenvalue weighted by atomic mass is 79.9. The van der Waals surface area contributed by atoms with Crippen molar-refractivity contribution in [3.05, 3.63) is 64.1 Å². The van der Waals surface area contributed by atoms with Crippen LogP contribution in [0, 0.1) is 11.6 Å². The Bertz CT molecular complexity index is 595. The van der Waals surface area contributed by atoms with Gasteiger partial charge in [0.2, 0.25) is 0 Å². The zero-order valence-electron chi connectivity index (χ0n) is 10.4. The maximum atomic E-state index is 13.8. The standard InChI is InChI=1S/C14H13BrF2N2S/c15-9-5-6-11(16)10(7-9)13(19-18)8-20-14-4-2-1-3-12(14)17/h1-7,13,19H,8,18H2. The smallest absolute Gasteiger partial charge is 0.136 e. The van der Waals surface area contributed by atoms with Crippen LogP contribution in [0.3, 0.4) is 0 Å². The predicted molar refractivity (Wildman–Crippen MR) is 81.3 cm³/mol. The first kappa shape index (κ1) is 15.4. The Balaban J connectivity index is 2.13. The molecule has 1 atom stereocenters. The summed E-state index contributed by atoms with van der Waals surface area (Å²) < 4.78 is 28.1. The molecule has 2 rings (SSSR count). The van der Waals surface area contributed by atoms with Crippen LogP contribution in [-0.4, -0.2) is 5.75 Å². The molecular weight excluding hydrogens is 346 g/mol. The molecule has 2 nitrogen and oxygen atoms in total. The molecule has 0 aliphatic rings. The Morgan fingerprint density at radius 3 is 2.60 bits per heavy atom. The summed E-state index contributed by atoms with van der Waals surface area (Å²) in [5.41, 5.74) is 3.02. The van der Waals surface area contributed by atoms with Gasteiger partial charge in [-0.1, -0.05) is 28.1 Å². The molecule has 20 heavy (non-hydrogen) atoms. The minimum absolute atomic E-state index is 0.289. The van der Waals surface area contributed by atoms with Crippen molar-refractivity contribution in [2.45, 2.75) is 10.9 Å². The summed E-state index contributed by atoms with van der Waals surface area (Å²) in [4.78, 5) is 0.517.